The van der Waals surface area contributed by atoms with Crippen molar-refractivity contribution in [3.05, 3.63) is 70.5 Å². The Kier molecular flexibility index (Phi) is 9.09. The van der Waals surface area contributed by atoms with Crippen molar-refractivity contribution in [2.24, 2.45) is 5.92 Å². The molecule has 186 valence electrons. The van der Waals surface area contributed by atoms with E-state index in [1.54, 1.807) is 0 Å². The van der Waals surface area contributed by atoms with Gasteiger partial charge in [0.05, 0.1) is 11.8 Å². The molecule has 7 nitrogen and oxygen atoms in total. The Labute approximate surface area is 212 Å². The fraction of sp³-hybridized carbons (Fsp3) is 0.407. The molecule has 0 unspecified atom stereocenters. The van der Waals surface area contributed by atoms with Crippen LogP contribution in [0.1, 0.15) is 66.6 Å². The van der Waals surface area contributed by atoms with Crippen LogP contribution in [0, 0.1) is 19.8 Å². The number of hydrogen-bond donors (Lipinski definition) is 2. The molecule has 3 aromatic rings. The summed E-state index contributed by atoms with van der Waals surface area (Å²) in [4.78, 5) is 25.6. The minimum atomic E-state index is -0.307. The molecule has 2 aromatic carbocycles. The molecule has 0 aliphatic rings. The summed E-state index contributed by atoms with van der Waals surface area (Å²) in [6, 6.07) is 13.2. The Morgan fingerprint density at radius 2 is 1.74 bits per heavy atom. The summed E-state index contributed by atoms with van der Waals surface area (Å²) in [6.07, 6.45) is 0.850. The number of hydrogen-bond acceptors (Lipinski definition) is 5. The molecule has 1 heterocycles. The third kappa shape index (κ3) is 6.51. The molecule has 1 atom stereocenters. The normalized spacial score (nSPS) is 12.0. The van der Waals surface area contributed by atoms with Crippen molar-refractivity contribution in [1.29, 1.82) is 0 Å². The third-order valence-electron chi connectivity index (χ3n) is 5.94. The summed E-state index contributed by atoms with van der Waals surface area (Å²) < 4.78 is 1.98. The van der Waals surface area contributed by atoms with Gasteiger partial charge >= 0.3 is 0 Å². The number of carbonyl (C=O) groups excluding carboxylic acids is 2. The molecule has 0 radical (unpaired) electrons. The second-order valence-electron chi connectivity index (χ2n) is 8.95. The summed E-state index contributed by atoms with van der Waals surface area (Å²) in [5.41, 5.74) is 4.76. The molecule has 0 saturated carbocycles. The Morgan fingerprint density at radius 1 is 1.03 bits per heavy atom. The van der Waals surface area contributed by atoms with Crippen molar-refractivity contribution in [1.82, 2.24) is 20.1 Å². The number of aryl methyl sites for hydroxylation is 3. The van der Waals surface area contributed by atoms with Gasteiger partial charge in [0.2, 0.25) is 5.91 Å². The quantitative estimate of drug-likeness (QED) is 0.373. The Bertz CT molecular complexity index is 1170. The van der Waals surface area contributed by atoms with E-state index >= 15 is 0 Å². The van der Waals surface area contributed by atoms with Crippen molar-refractivity contribution in [3.63, 3.8) is 0 Å². The first-order valence-electron chi connectivity index (χ1n) is 12.1. The highest BCUT2D eigenvalue weighted by Gasteiger charge is 2.26. The van der Waals surface area contributed by atoms with Crippen molar-refractivity contribution in [2.75, 3.05) is 11.1 Å². The molecule has 0 spiro atoms. The maximum absolute atomic E-state index is 12.9. The Morgan fingerprint density at radius 3 is 2.37 bits per heavy atom. The van der Waals surface area contributed by atoms with Gasteiger partial charge in [0.1, 0.15) is 0 Å². The number of aromatic nitrogens is 3. The van der Waals surface area contributed by atoms with Crippen LogP contribution in [-0.4, -0.2) is 32.3 Å². The highest BCUT2D eigenvalue weighted by atomic mass is 32.2. The molecule has 35 heavy (non-hydrogen) atoms. The van der Waals surface area contributed by atoms with Crippen LogP contribution in [0.3, 0.4) is 0 Å². The van der Waals surface area contributed by atoms with Crippen LogP contribution in [0.15, 0.2) is 47.6 Å². The van der Waals surface area contributed by atoms with Crippen LogP contribution in [0.25, 0.3) is 0 Å². The van der Waals surface area contributed by atoms with Gasteiger partial charge in [-0.15, -0.1) is 10.2 Å². The van der Waals surface area contributed by atoms with Gasteiger partial charge in [-0.25, -0.2) is 0 Å². The van der Waals surface area contributed by atoms with Gasteiger partial charge in [-0.05, 0) is 56.4 Å². The van der Waals surface area contributed by atoms with Gasteiger partial charge in [-0.3, -0.25) is 9.59 Å². The Hall–Kier alpha value is -3.13. The van der Waals surface area contributed by atoms with E-state index in [1.165, 1.54) is 11.8 Å². The number of nitrogens with one attached hydrogen (secondary N) is 2. The zero-order valence-corrected chi connectivity index (χ0v) is 22.2. The lowest BCUT2D eigenvalue weighted by atomic mass is 10.0. The van der Waals surface area contributed by atoms with Gasteiger partial charge in [-0.2, -0.15) is 0 Å². The van der Waals surface area contributed by atoms with Crippen molar-refractivity contribution >= 4 is 29.3 Å². The van der Waals surface area contributed by atoms with Gasteiger partial charge < -0.3 is 15.2 Å². The van der Waals surface area contributed by atoms with E-state index in [2.05, 4.69) is 27.8 Å². The first kappa shape index (κ1) is 26.5. The van der Waals surface area contributed by atoms with Crippen LogP contribution in [0.5, 0.6) is 0 Å². The first-order valence-corrected chi connectivity index (χ1v) is 13.0. The number of thioether (sulfide) groups is 1. The fourth-order valence-electron chi connectivity index (χ4n) is 3.90. The predicted octanol–water partition coefficient (Wildman–Crippen LogP) is 5.34. The minimum absolute atomic E-state index is 0.0840. The van der Waals surface area contributed by atoms with Crippen LogP contribution < -0.4 is 10.6 Å². The lowest BCUT2D eigenvalue weighted by Crippen LogP contribution is -2.33. The van der Waals surface area contributed by atoms with E-state index < -0.39 is 0 Å². The molecular weight excluding hydrogens is 458 g/mol. The lowest BCUT2D eigenvalue weighted by Gasteiger charge is -2.22. The van der Waals surface area contributed by atoms with Crippen LogP contribution in [0.2, 0.25) is 0 Å². The summed E-state index contributed by atoms with van der Waals surface area (Å²) in [5, 5.41) is 15.6. The predicted molar refractivity (Wildman–Crippen MR) is 142 cm³/mol. The minimum Gasteiger partial charge on any atom is -0.342 e. The molecule has 0 saturated heterocycles. The second kappa shape index (κ2) is 12.0. The topological polar surface area (TPSA) is 88.9 Å². The number of carbonyl (C=O) groups is 2. The summed E-state index contributed by atoms with van der Waals surface area (Å²) >= 11 is 1.35. The van der Waals surface area contributed by atoms with E-state index in [0.29, 0.717) is 23.1 Å². The van der Waals surface area contributed by atoms with Crippen molar-refractivity contribution in [3.8, 4) is 0 Å². The molecule has 8 heteroatoms. The zero-order valence-electron chi connectivity index (χ0n) is 21.4. The molecule has 2 N–H and O–H groups in total. The number of nitrogens with zero attached hydrogens (tertiary/aromatic N) is 3. The molecule has 0 fully saturated rings. The standard InChI is InChI=1S/C27H35N5O2S/c1-7-20-11-9-10-19(6)24(20)28-22(33)16-35-27-31-30-25(32(27)8-2)23(17(3)4)29-26(34)21-14-12-18(5)13-15-21/h9-15,17,23H,7-8,16H2,1-6H3,(H,28,33)(H,29,34)/t23-/m1/s1. The highest BCUT2D eigenvalue weighted by molar-refractivity contribution is 7.99. The monoisotopic (exact) mass is 493 g/mol. The summed E-state index contributed by atoms with van der Waals surface area (Å²) in [7, 11) is 0. The average Bonchev–Trinajstić information content (AvgIpc) is 3.25. The lowest BCUT2D eigenvalue weighted by molar-refractivity contribution is -0.113. The van der Waals surface area contributed by atoms with Crippen LogP contribution in [-0.2, 0) is 17.8 Å². The van der Waals surface area contributed by atoms with E-state index in [9.17, 15) is 9.59 Å². The smallest absolute Gasteiger partial charge is 0.251 e. The molecule has 0 aliphatic carbocycles. The summed E-state index contributed by atoms with van der Waals surface area (Å²) in [6.45, 7) is 12.8. The van der Waals surface area contributed by atoms with E-state index in [4.69, 9.17) is 0 Å². The number of rotatable bonds is 10. The van der Waals surface area contributed by atoms with Crippen LogP contribution in [0.4, 0.5) is 5.69 Å². The molecule has 1 aromatic heterocycles. The second-order valence-corrected chi connectivity index (χ2v) is 9.89. The number of anilines is 1. The van der Waals surface area contributed by atoms with E-state index in [1.807, 2.05) is 81.7 Å². The zero-order chi connectivity index (χ0) is 25.5. The SMILES string of the molecule is CCc1cccc(C)c1NC(=O)CSc1nnc([C@H](NC(=O)c2ccc(C)cc2)C(C)C)n1CC. The molecule has 3 rings (SSSR count). The molecular formula is C27H35N5O2S. The van der Waals surface area contributed by atoms with E-state index in [0.717, 1.165) is 28.8 Å². The number of amides is 2. The largest absolute Gasteiger partial charge is 0.342 e. The van der Waals surface area contributed by atoms with Gasteiger partial charge in [0.25, 0.3) is 5.91 Å². The maximum atomic E-state index is 12.9. The molecule has 0 bridgehead atoms. The highest BCUT2D eigenvalue weighted by Crippen LogP contribution is 2.26. The third-order valence-corrected chi connectivity index (χ3v) is 6.91. The first-order chi connectivity index (χ1) is 16.7. The fourth-order valence-corrected chi connectivity index (χ4v) is 4.71. The number of para-hydroxylation sites is 1. The van der Waals surface area contributed by atoms with Gasteiger partial charge in [-0.1, -0.05) is 68.4 Å². The molecule has 2 amide bonds. The maximum Gasteiger partial charge on any atom is 0.251 e. The average molecular weight is 494 g/mol. The Balaban J connectivity index is 1.73. The number of benzene rings is 2. The van der Waals surface area contributed by atoms with E-state index in [-0.39, 0.29) is 29.5 Å². The van der Waals surface area contributed by atoms with Crippen molar-refractivity contribution in [2.45, 2.75) is 65.7 Å². The van der Waals surface area contributed by atoms with Gasteiger partial charge in [0.15, 0.2) is 11.0 Å². The summed E-state index contributed by atoms with van der Waals surface area (Å²) in [5.74, 6) is 0.788. The molecule has 0 aliphatic heterocycles. The van der Waals surface area contributed by atoms with Gasteiger partial charge in [0, 0.05) is 17.8 Å². The van der Waals surface area contributed by atoms with Crippen molar-refractivity contribution < 1.29 is 9.59 Å². The van der Waals surface area contributed by atoms with Crippen LogP contribution >= 0.6 is 11.8 Å².